The Labute approximate surface area is 182 Å². The summed E-state index contributed by atoms with van der Waals surface area (Å²) >= 11 is 0. The topological polar surface area (TPSA) is 89.5 Å². The minimum Gasteiger partial charge on any atom is -0.493 e. The fourth-order valence-electron chi connectivity index (χ4n) is 4.74. The van der Waals surface area contributed by atoms with Gasteiger partial charge >= 0.3 is 11.9 Å². The standard InChI is InChI=1S/C23H30O8/c1-22(2)15-12-23(20(24)29-6,21(25)30-7)11-14(15)10-16(31-22)13-8-17(26-3)19(28-5)18(9-13)27-4/h8-10,15-16H,11-12H2,1-7H3/t15-,16+/m1/s1. The van der Waals surface area contributed by atoms with Crippen molar-refractivity contribution in [1.29, 1.82) is 0 Å². The Morgan fingerprint density at radius 2 is 1.48 bits per heavy atom. The number of ether oxygens (including phenoxy) is 6. The van der Waals surface area contributed by atoms with Gasteiger partial charge in [-0.25, -0.2) is 0 Å². The lowest BCUT2D eigenvalue weighted by Gasteiger charge is -2.40. The number of esters is 2. The second kappa shape index (κ2) is 8.42. The van der Waals surface area contributed by atoms with E-state index in [0.29, 0.717) is 17.2 Å². The molecule has 0 amide bonds. The predicted octanol–water partition coefficient (Wildman–Crippen LogP) is 3.23. The number of carbonyl (C=O) groups is 2. The number of benzene rings is 1. The van der Waals surface area contributed by atoms with Crippen LogP contribution in [0.2, 0.25) is 0 Å². The smallest absolute Gasteiger partial charge is 0.323 e. The molecule has 3 rings (SSSR count). The Morgan fingerprint density at radius 3 is 1.94 bits per heavy atom. The summed E-state index contributed by atoms with van der Waals surface area (Å²) in [7, 11) is 7.22. The van der Waals surface area contributed by atoms with Crippen LogP contribution >= 0.6 is 0 Å². The van der Waals surface area contributed by atoms with Gasteiger partial charge in [-0.1, -0.05) is 11.6 Å². The Balaban J connectivity index is 2.07. The third-order valence-electron chi connectivity index (χ3n) is 6.31. The third kappa shape index (κ3) is 3.73. The zero-order chi connectivity index (χ0) is 23.0. The van der Waals surface area contributed by atoms with E-state index in [1.165, 1.54) is 14.2 Å². The van der Waals surface area contributed by atoms with Crippen molar-refractivity contribution in [3.05, 3.63) is 29.3 Å². The molecule has 1 aliphatic carbocycles. The second-order valence-corrected chi connectivity index (χ2v) is 8.34. The molecule has 1 heterocycles. The monoisotopic (exact) mass is 434 g/mol. The van der Waals surface area contributed by atoms with E-state index in [-0.39, 0.29) is 18.8 Å². The lowest BCUT2D eigenvalue weighted by Crippen LogP contribution is -2.42. The fourth-order valence-corrected chi connectivity index (χ4v) is 4.74. The summed E-state index contributed by atoms with van der Waals surface area (Å²) in [5.74, 6) is 0.214. The van der Waals surface area contributed by atoms with E-state index in [1.54, 1.807) is 21.3 Å². The van der Waals surface area contributed by atoms with Crippen LogP contribution in [0.4, 0.5) is 0 Å². The van der Waals surface area contributed by atoms with E-state index >= 15 is 0 Å². The molecule has 0 radical (unpaired) electrons. The molecule has 1 fully saturated rings. The van der Waals surface area contributed by atoms with E-state index in [0.717, 1.165) is 11.1 Å². The van der Waals surface area contributed by atoms with Gasteiger partial charge in [-0.3, -0.25) is 9.59 Å². The van der Waals surface area contributed by atoms with Crippen LogP contribution in [0.5, 0.6) is 17.2 Å². The molecule has 0 bridgehead atoms. The lowest BCUT2D eigenvalue weighted by molar-refractivity contribution is -0.169. The average molecular weight is 434 g/mol. The largest absolute Gasteiger partial charge is 0.493 e. The van der Waals surface area contributed by atoms with Crippen molar-refractivity contribution in [2.45, 2.75) is 38.4 Å². The molecule has 2 atom stereocenters. The van der Waals surface area contributed by atoms with Gasteiger partial charge in [0.2, 0.25) is 5.75 Å². The summed E-state index contributed by atoms with van der Waals surface area (Å²) in [6, 6.07) is 3.67. The molecule has 1 aromatic carbocycles. The van der Waals surface area contributed by atoms with Gasteiger partial charge in [0.25, 0.3) is 0 Å². The number of carbonyl (C=O) groups excluding carboxylic acids is 2. The molecule has 0 spiro atoms. The minimum absolute atomic E-state index is 0.135. The van der Waals surface area contributed by atoms with Gasteiger partial charge in [-0.15, -0.1) is 0 Å². The number of hydrogen-bond donors (Lipinski definition) is 0. The van der Waals surface area contributed by atoms with E-state index in [9.17, 15) is 9.59 Å². The fraction of sp³-hybridized carbons (Fsp3) is 0.565. The van der Waals surface area contributed by atoms with Crippen molar-refractivity contribution in [3.8, 4) is 17.2 Å². The normalized spacial score (nSPS) is 23.3. The summed E-state index contributed by atoms with van der Waals surface area (Å²) in [6.07, 6.45) is 2.03. The average Bonchev–Trinajstić information content (AvgIpc) is 3.18. The number of fused-ring (bicyclic) bond motifs is 1. The highest BCUT2D eigenvalue weighted by Crippen LogP contribution is 2.56. The van der Waals surface area contributed by atoms with Crippen LogP contribution in [0.25, 0.3) is 0 Å². The van der Waals surface area contributed by atoms with Crippen molar-refractivity contribution in [2.24, 2.45) is 11.3 Å². The first-order valence-corrected chi connectivity index (χ1v) is 10.0. The zero-order valence-electron chi connectivity index (χ0n) is 19.1. The highest BCUT2D eigenvalue weighted by Gasteiger charge is 2.59. The summed E-state index contributed by atoms with van der Waals surface area (Å²) in [6.45, 7) is 3.92. The maximum atomic E-state index is 12.6. The lowest BCUT2D eigenvalue weighted by atomic mass is 9.80. The molecule has 170 valence electrons. The first kappa shape index (κ1) is 22.9. The van der Waals surface area contributed by atoms with Gasteiger partial charge in [0.1, 0.15) is 6.10 Å². The molecule has 0 unspecified atom stereocenters. The van der Waals surface area contributed by atoms with Gasteiger partial charge in [-0.2, -0.15) is 0 Å². The van der Waals surface area contributed by atoms with Crippen molar-refractivity contribution >= 4 is 11.9 Å². The summed E-state index contributed by atoms with van der Waals surface area (Å²) < 4.78 is 32.7. The van der Waals surface area contributed by atoms with Crippen LogP contribution < -0.4 is 14.2 Å². The molecular weight excluding hydrogens is 404 g/mol. The van der Waals surface area contributed by atoms with Gasteiger partial charge in [0.05, 0.1) is 41.2 Å². The van der Waals surface area contributed by atoms with Crippen LogP contribution in [0.15, 0.2) is 23.8 Å². The van der Waals surface area contributed by atoms with Gasteiger partial charge in [0, 0.05) is 5.92 Å². The SMILES string of the molecule is COC(=O)C1(C(=O)OC)CC2=C[C@@H](c3cc(OC)c(OC)c(OC)c3)OC(C)(C)[C@@H]2C1. The van der Waals surface area contributed by atoms with Crippen molar-refractivity contribution in [3.63, 3.8) is 0 Å². The van der Waals surface area contributed by atoms with E-state index in [1.807, 2.05) is 32.1 Å². The van der Waals surface area contributed by atoms with Gasteiger partial charge in [0.15, 0.2) is 16.9 Å². The molecule has 8 heteroatoms. The Kier molecular flexibility index (Phi) is 6.23. The Hall–Kier alpha value is -2.74. The molecule has 1 aliphatic heterocycles. The molecule has 0 saturated heterocycles. The molecule has 0 aromatic heterocycles. The molecule has 1 aromatic rings. The summed E-state index contributed by atoms with van der Waals surface area (Å²) in [4.78, 5) is 25.3. The van der Waals surface area contributed by atoms with E-state index < -0.39 is 29.1 Å². The second-order valence-electron chi connectivity index (χ2n) is 8.34. The summed E-state index contributed by atoms with van der Waals surface area (Å²) in [5.41, 5.74) is -0.239. The van der Waals surface area contributed by atoms with Crippen LogP contribution in [0.3, 0.4) is 0 Å². The summed E-state index contributed by atoms with van der Waals surface area (Å²) in [5, 5.41) is 0. The van der Waals surface area contributed by atoms with Gasteiger partial charge in [-0.05, 0) is 44.4 Å². The van der Waals surface area contributed by atoms with Crippen LogP contribution in [0, 0.1) is 11.3 Å². The molecule has 2 aliphatic rings. The van der Waals surface area contributed by atoms with Gasteiger partial charge < -0.3 is 28.4 Å². The van der Waals surface area contributed by atoms with E-state index in [4.69, 9.17) is 28.4 Å². The number of hydrogen-bond acceptors (Lipinski definition) is 8. The van der Waals surface area contributed by atoms with Crippen LogP contribution in [0.1, 0.15) is 38.4 Å². The highest BCUT2D eigenvalue weighted by atomic mass is 16.5. The highest BCUT2D eigenvalue weighted by molar-refractivity contribution is 6.01. The first-order valence-electron chi connectivity index (χ1n) is 10.0. The third-order valence-corrected chi connectivity index (χ3v) is 6.31. The molecule has 1 saturated carbocycles. The Bertz CT molecular complexity index is 860. The molecule has 31 heavy (non-hydrogen) atoms. The Morgan fingerprint density at radius 1 is 0.935 bits per heavy atom. The van der Waals surface area contributed by atoms with Crippen molar-refractivity contribution in [2.75, 3.05) is 35.5 Å². The van der Waals surface area contributed by atoms with Crippen molar-refractivity contribution < 1.29 is 38.0 Å². The minimum atomic E-state index is -1.37. The van der Waals surface area contributed by atoms with Crippen LogP contribution in [-0.2, 0) is 23.8 Å². The maximum absolute atomic E-state index is 12.6. The van der Waals surface area contributed by atoms with E-state index in [2.05, 4.69) is 0 Å². The number of methoxy groups -OCH3 is 5. The zero-order valence-corrected chi connectivity index (χ0v) is 19.1. The van der Waals surface area contributed by atoms with Crippen LogP contribution in [-0.4, -0.2) is 53.1 Å². The first-order chi connectivity index (χ1) is 14.7. The quantitative estimate of drug-likeness (QED) is 0.383. The maximum Gasteiger partial charge on any atom is 0.323 e. The molecule has 8 nitrogen and oxygen atoms in total. The predicted molar refractivity (Wildman–Crippen MR) is 111 cm³/mol. The van der Waals surface area contributed by atoms with Crippen molar-refractivity contribution in [1.82, 2.24) is 0 Å². The molecular formula is C23H30O8. The molecule has 0 N–H and O–H groups in total. The number of rotatable bonds is 6.